The van der Waals surface area contributed by atoms with Crippen LogP contribution >= 0.6 is 0 Å². The van der Waals surface area contributed by atoms with Gasteiger partial charge in [-0.1, -0.05) is 0 Å². The summed E-state index contributed by atoms with van der Waals surface area (Å²) in [5, 5.41) is 3.56. The van der Waals surface area contributed by atoms with Crippen molar-refractivity contribution >= 4 is 0 Å². The minimum atomic E-state index is 0.699. The third-order valence-electron chi connectivity index (χ3n) is 6.58. The van der Waals surface area contributed by atoms with E-state index in [0.717, 1.165) is 23.2 Å². The van der Waals surface area contributed by atoms with Crippen LogP contribution in [0, 0.1) is 23.2 Å². The van der Waals surface area contributed by atoms with Crippen LogP contribution in [-0.2, 0) is 0 Å². The van der Waals surface area contributed by atoms with Crippen LogP contribution in [0.4, 0.5) is 0 Å². The fourth-order valence-electron chi connectivity index (χ4n) is 6.21. The summed E-state index contributed by atoms with van der Waals surface area (Å²) in [7, 11) is 0. The molecule has 5 rings (SSSR count). The molecule has 4 aliphatic carbocycles. The van der Waals surface area contributed by atoms with Crippen molar-refractivity contribution in [3.05, 3.63) is 0 Å². The van der Waals surface area contributed by atoms with Crippen molar-refractivity contribution in [3.63, 3.8) is 0 Å². The molecule has 0 aromatic carbocycles. The molecule has 2 heteroatoms. The molecule has 0 aromatic heterocycles. The number of piperazine rings is 1. The Hall–Kier alpha value is -0.0800. The van der Waals surface area contributed by atoms with Crippen molar-refractivity contribution in [1.29, 1.82) is 0 Å². The molecule has 1 atom stereocenters. The number of hydrogen-bond acceptors (Lipinski definition) is 2. The molecule has 2 nitrogen and oxygen atoms in total. The van der Waals surface area contributed by atoms with E-state index in [1.807, 2.05) is 0 Å². The molecule has 4 bridgehead atoms. The third kappa shape index (κ3) is 2.47. The molecule has 1 aliphatic heterocycles. The predicted molar refractivity (Wildman–Crippen MR) is 79.1 cm³/mol. The van der Waals surface area contributed by atoms with Crippen LogP contribution in [0.1, 0.15) is 51.9 Å². The van der Waals surface area contributed by atoms with Crippen LogP contribution in [0.15, 0.2) is 0 Å². The lowest BCUT2D eigenvalue weighted by molar-refractivity contribution is -0.0616. The van der Waals surface area contributed by atoms with E-state index in [4.69, 9.17) is 0 Å². The van der Waals surface area contributed by atoms with E-state index in [2.05, 4.69) is 17.1 Å². The maximum Gasteiger partial charge on any atom is 0.0167 e. The minimum absolute atomic E-state index is 0.699. The van der Waals surface area contributed by atoms with Gasteiger partial charge >= 0.3 is 0 Å². The maximum atomic E-state index is 3.56. The molecule has 0 spiro atoms. The zero-order valence-electron chi connectivity index (χ0n) is 12.5. The van der Waals surface area contributed by atoms with E-state index >= 15 is 0 Å². The van der Waals surface area contributed by atoms with E-state index < -0.39 is 0 Å². The van der Waals surface area contributed by atoms with Gasteiger partial charge in [0, 0.05) is 25.7 Å². The third-order valence-corrected chi connectivity index (χ3v) is 6.58. The van der Waals surface area contributed by atoms with Crippen LogP contribution in [-0.4, -0.2) is 37.1 Å². The number of hydrogen-bond donors (Lipinski definition) is 1. The summed E-state index contributed by atoms with van der Waals surface area (Å²) in [4.78, 5) is 2.72. The summed E-state index contributed by atoms with van der Waals surface area (Å²) in [5.74, 6) is 3.36. The zero-order valence-corrected chi connectivity index (χ0v) is 12.5. The normalized spacial score (nSPS) is 49.7. The summed E-state index contributed by atoms with van der Waals surface area (Å²) in [5.41, 5.74) is 0.781. The molecule has 0 radical (unpaired) electrons. The van der Waals surface area contributed by atoms with Gasteiger partial charge in [0.1, 0.15) is 0 Å². The van der Waals surface area contributed by atoms with Gasteiger partial charge in [0.2, 0.25) is 0 Å². The number of nitrogens with one attached hydrogen (secondary N) is 1. The highest BCUT2D eigenvalue weighted by Crippen LogP contribution is 2.61. The minimum Gasteiger partial charge on any atom is -0.312 e. The molecule has 0 aromatic rings. The SMILES string of the molecule is C[C@H]1CN(CCC23CC4CC(CC(C4)C2)C3)CCN1. The Morgan fingerprint density at radius 3 is 2.26 bits per heavy atom. The average Bonchev–Trinajstić information content (AvgIpc) is 2.35. The second kappa shape index (κ2) is 4.73. The van der Waals surface area contributed by atoms with Crippen LogP contribution in [0.2, 0.25) is 0 Å². The topological polar surface area (TPSA) is 15.3 Å². The van der Waals surface area contributed by atoms with Gasteiger partial charge in [0.25, 0.3) is 0 Å². The largest absolute Gasteiger partial charge is 0.312 e. The second-order valence-electron chi connectivity index (χ2n) is 8.32. The van der Waals surface area contributed by atoms with Gasteiger partial charge in [0.15, 0.2) is 0 Å². The highest BCUT2D eigenvalue weighted by Gasteiger charge is 2.50. The smallest absolute Gasteiger partial charge is 0.0167 e. The Balaban J connectivity index is 1.37. The van der Waals surface area contributed by atoms with Gasteiger partial charge in [-0.25, -0.2) is 0 Å². The standard InChI is InChI=1S/C17H30N2/c1-13-12-19(5-3-18-13)4-2-17-9-14-6-15(10-17)8-16(7-14)11-17/h13-16,18H,2-12H2,1H3/t13-,14?,15?,16?,17?/m0/s1. The lowest BCUT2D eigenvalue weighted by atomic mass is 9.49. The first-order valence-corrected chi connectivity index (χ1v) is 8.66. The van der Waals surface area contributed by atoms with Gasteiger partial charge in [0.05, 0.1) is 0 Å². The van der Waals surface area contributed by atoms with Crippen LogP contribution in [0.3, 0.4) is 0 Å². The quantitative estimate of drug-likeness (QED) is 0.841. The molecule has 5 fully saturated rings. The fraction of sp³-hybridized carbons (Fsp3) is 1.00. The van der Waals surface area contributed by atoms with E-state index in [1.165, 1.54) is 32.6 Å². The van der Waals surface area contributed by atoms with E-state index in [0.29, 0.717) is 6.04 Å². The summed E-state index contributed by atoms with van der Waals surface area (Å²) in [6.45, 7) is 7.44. The van der Waals surface area contributed by atoms with Crippen LogP contribution < -0.4 is 5.32 Å². The monoisotopic (exact) mass is 262 g/mol. The second-order valence-corrected chi connectivity index (χ2v) is 8.32. The zero-order chi connectivity index (χ0) is 12.9. The highest BCUT2D eigenvalue weighted by molar-refractivity contribution is 5.01. The molecular weight excluding hydrogens is 232 g/mol. The molecule has 5 aliphatic rings. The number of nitrogens with zero attached hydrogens (tertiary/aromatic N) is 1. The van der Waals surface area contributed by atoms with E-state index in [9.17, 15) is 0 Å². The predicted octanol–water partition coefficient (Wildman–Crippen LogP) is 2.89. The Morgan fingerprint density at radius 1 is 1.05 bits per heavy atom. The van der Waals surface area contributed by atoms with Crippen LogP contribution in [0.25, 0.3) is 0 Å². The van der Waals surface area contributed by atoms with Crippen molar-refractivity contribution in [2.75, 3.05) is 26.2 Å². The molecule has 4 saturated carbocycles. The first-order chi connectivity index (χ1) is 9.21. The molecule has 19 heavy (non-hydrogen) atoms. The summed E-state index contributed by atoms with van der Waals surface area (Å²) >= 11 is 0. The molecule has 0 unspecified atom stereocenters. The molecule has 108 valence electrons. The summed E-state index contributed by atoms with van der Waals surface area (Å²) < 4.78 is 0. The summed E-state index contributed by atoms with van der Waals surface area (Å²) in [6, 6.07) is 0.699. The van der Waals surface area contributed by atoms with E-state index in [-0.39, 0.29) is 0 Å². The summed E-state index contributed by atoms with van der Waals surface area (Å²) in [6.07, 6.45) is 11.0. The molecule has 1 saturated heterocycles. The highest BCUT2D eigenvalue weighted by atomic mass is 15.2. The van der Waals surface area contributed by atoms with Gasteiger partial charge in [-0.2, -0.15) is 0 Å². The Kier molecular flexibility index (Phi) is 3.15. The van der Waals surface area contributed by atoms with Crippen molar-refractivity contribution < 1.29 is 0 Å². The lowest BCUT2D eigenvalue weighted by Gasteiger charge is -2.57. The van der Waals surface area contributed by atoms with Gasteiger partial charge < -0.3 is 10.2 Å². The van der Waals surface area contributed by atoms with Crippen LogP contribution in [0.5, 0.6) is 0 Å². The van der Waals surface area contributed by atoms with Gasteiger partial charge in [-0.15, -0.1) is 0 Å². The Bertz CT molecular complexity index is 303. The lowest BCUT2D eigenvalue weighted by Crippen LogP contribution is -2.51. The molecular formula is C17H30N2. The molecule has 1 N–H and O–H groups in total. The van der Waals surface area contributed by atoms with Crippen molar-refractivity contribution in [2.24, 2.45) is 23.2 Å². The first kappa shape index (κ1) is 12.6. The number of rotatable bonds is 3. The van der Waals surface area contributed by atoms with Crippen molar-refractivity contribution in [2.45, 2.75) is 57.9 Å². The van der Waals surface area contributed by atoms with Crippen molar-refractivity contribution in [3.8, 4) is 0 Å². The average molecular weight is 262 g/mol. The Labute approximate surface area is 118 Å². The molecule has 1 heterocycles. The van der Waals surface area contributed by atoms with Gasteiger partial charge in [-0.3, -0.25) is 0 Å². The molecule has 0 amide bonds. The maximum absolute atomic E-state index is 3.56. The first-order valence-electron chi connectivity index (χ1n) is 8.66. The Morgan fingerprint density at radius 2 is 1.68 bits per heavy atom. The van der Waals surface area contributed by atoms with Gasteiger partial charge in [-0.05, 0) is 81.6 Å². The fourth-order valence-corrected chi connectivity index (χ4v) is 6.21. The van der Waals surface area contributed by atoms with Crippen molar-refractivity contribution in [1.82, 2.24) is 10.2 Å². The van der Waals surface area contributed by atoms with E-state index in [1.54, 1.807) is 38.5 Å².